The summed E-state index contributed by atoms with van der Waals surface area (Å²) >= 11 is 0. The molecule has 0 aromatic carbocycles. The molecule has 0 aliphatic carbocycles. The van der Waals surface area contributed by atoms with Crippen LogP contribution in [0.5, 0.6) is 0 Å². The summed E-state index contributed by atoms with van der Waals surface area (Å²) in [7, 11) is 5.33. The van der Waals surface area contributed by atoms with Gasteiger partial charge in [-0.05, 0) is 20.9 Å². The Morgan fingerprint density at radius 3 is 2.38 bits per heavy atom. The fourth-order valence-corrected chi connectivity index (χ4v) is 1.36. The highest BCUT2D eigenvalue weighted by molar-refractivity contribution is 5.78. The van der Waals surface area contributed by atoms with Crippen LogP contribution in [0.4, 0.5) is 0 Å². The molecule has 0 spiro atoms. The number of rotatable bonds is 7. The molecule has 1 unspecified atom stereocenters. The number of ether oxygens (including phenoxy) is 1. The van der Waals surface area contributed by atoms with Crippen LogP contribution in [0.15, 0.2) is 0 Å². The largest absolute Gasteiger partial charge is 0.383 e. The first-order valence-corrected chi connectivity index (χ1v) is 5.57. The minimum atomic E-state index is -0.0489. The molecule has 0 aliphatic heterocycles. The van der Waals surface area contributed by atoms with Gasteiger partial charge in [-0.2, -0.15) is 0 Å². The first kappa shape index (κ1) is 15.3. The van der Waals surface area contributed by atoms with Gasteiger partial charge in [-0.15, -0.1) is 0 Å². The lowest BCUT2D eigenvalue weighted by Crippen LogP contribution is -2.44. The average Bonchev–Trinajstić information content (AvgIpc) is 2.16. The topological polar surface area (TPSA) is 58.8 Å². The van der Waals surface area contributed by atoms with E-state index in [2.05, 4.69) is 0 Å². The van der Waals surface area contributed by atoms with E-state index in [9.17, 15) is 4.79 Å². The van der Waals surface area contributed by atoms with Crippen LogP contribution >= 0.6 is 0 Å². The molecule has 5 nitrogen and oxygen atoms in total. The summed E-state index contributed by atoms with van der Waals surface area (Å²) in [6.45, 7) is 5.55. The Kier molecular flexibility index (Phi) is 7.29. The van der Waals surface area contributed by atoms with E-state index in [0.717, 1.165) is 0 Å². The zero-order valence-electron chi connectivity index (χ0n) is 11.1. The molecule has 0 aliphatic rings. The number of nitrogens with zero attached hydrogens (tertiary/aromatic N) is 2. The molecule has 0 aromatic heterocycles. The van der Waals surface area contributed by atoms with Crippen LogP contribution in [0, 0.1) is 0 Å². The highest BCUT2D eigenvalue weighted by Crippen LogP contribution is 1.96. The molecule has 16 heavy (non-hydrogen) atoms. The first-order valence-electron chi connectivity index (χ1n) is 5.57. The monoisotopic (exact) mass is 231 g/mol. The van der Waals surface area contributed by atoms with Gasteiger partial charge >= 0.3 is 0 Å². The number of nitrogens with two attached hydrogens (primary N) is 1. The van der Waals surface area contributed by atoms with Crippen LogP contribution in [-0.2, 0) is 9.53 Å². The van der Waals surface area contributed by atoms with Crippen molar-refractivity contribution in [1.29, 1.82) is 0 Å². The normalized spacial score (nSPS) is 13.2. The van der Waals surface area contributed by atoms with Gasteiger partial charge < -0.3 is 15.4 Å². The summed E-state index contributed by atoms with van der Waals surface area (Å²) in [4.78, 5) is 15.4. The predicted molar refractivity (Wildman–Crippen MR) is 65.3 cm³/mol. The van der Waals surface area contributed by atoms with Gasteiger partial charge in [0.15, 0.2) is 0 Å². The Hall–Kier alpha value is -0.650. The van der Waals surface area contributed by atoms with Gasteiger partial charge in [0.2, 0.25) is 5.91 Å². The minimum Gasteiger partial charge on any atom is -0.383 e. The molecular weight excluding hydrogens is 206 g/mol. The quantitative estimate of drug-likeness (QED) is 0.657. The zero-order chi connectivity index (χ0) is 12.7. The van der Waals surface area contributed by atoms with E-state index in [0.29, 0.717) is 19.7 Å². The standard InChI is InChI=1S/C11H25N3O2/c1-9(2)14(4)11(15)7-13(3)6-10(12)8-16-5/h9-10H,6-8,12H2,1-5H3. The Morgan fingerprint density at radius 2 is 1.94 bits per heavy atom. The number of methoxy groups -OCH3 is 1. The Labute approximate surface area is 98.5 Å². The molecule has 0 heterocycles. The van der Waals surface area contributed by atoms with E-state index in [1.807, 2.05) is 32.8 Å². The van der Waals surface area contributed by atoms with E-state index in [-0.39, 0.29) is 18.0 Å². The summed E-state index contributed by atoms with van der Waals surface area (Å²) in [5.41, 5.74) is 5.81. The van der Waals surface area contributed by atoms with Crippen molar-refractivity contribution >= 4 is 5.91 Å². The second-order valence-corrected chi connectivity index (χ2v) is 4.51. The third-order valence-electron chi connectivity index (χ3n) is 2.50. The fourth-order valence-electron chi connectivity index (χ4n) is 1.36. The van der Waals surface area contributed by atoms with Crippen LogP contribution in [0.2, 0.25) is 0 Å². The zero-order valence-corrected chi connectivity index (χ0v) is 11.1. The van der Waals surface area contributed by atoms with E-state index >= 15 is 0 Å². The Balaban J connectivity index is 3.95. The molecule has 0 fully saturated rings. The molecule has 0 radical (unpaired) electrons. The van der Waals surface area contributed by atoms with Crippen molar-refractivity contribution in [3.63, 3.8) is 0 Å². The second kappa shape index (κ2) is 7.60. The lowest BCUT2D eigenvalue weighted by molar-refractivity contribution is -0.132. The molecule has 0 saturated carbocycles. The molecule has 0 aromatic rings. The summed E-state index contributed by atoms with van der Waals surface area (Å²) < 4.78 is 4.95. The fraction of sp³-hybridized carbons (Fsp3) is 0.909. The van der Waals surface area contributed by atoms with Crippen LogP contribution in [-0.4, -0.2) is 68.7 Å². The molecule has 1 atom stereocenters. The van der Waals surface area contributed by atoms with Crippen molar-refractivity contribution in [2.24, 2.45) is 5.73 Å². The smallest absolute Gasteiger partial charge is 0.236 e. The Bertz CT molecular complexity index is 209. The van der Waals surface area contributed by atoms with Crippen molar-refractivity contribution in [2.75, 3.05) is 40.9 Å². The summed E-state index contributed by atoms with van der Waals surface area (Å²) in [6.07, 6.45) is 0. The van der Waals surface area contributed by atoms with Crippen molar-refractivity contribution < 1.29 is 9.53 Å². The lowest BCUT2D eigenvalue weighted by atomic mass is 10.3. The maximum Gasteiger partial charge on any atom is 0.236 e. The average molecular weight is 231 g/mol. The van der Waals surface area contributed by atoms with Crippen molar-refractivity contribution in [3.05, 3.63) is 0 Å². The van der Waals surface area contributed by atoms with Gasteiger partial charge in [-0.3, -0.25) is 9.69 Å². The second-order valence-electron chi connectivity index (χ2n) is 4.51. The molecule has 96 valence electrons. The van der Waals surface area contributed by atoms with Crippen LogP contribution in [0.1, 0.15) is 13.8 Å². The molecule has 5 heteroatoms. The third kappa shape index (κ3) is 6.05. The van der Waals surface area contributed by atoms with E-state index in [1.165, 1.54) is 0 Å². The number of carbonyl (C=O) groups excluding carboxylic acids is 1. The van der Waals surface area contributed by atoms with Crippen LogP contribution < -0.4 is 5.73 Å². The molecule has 0 bridgehead atoms. The van der Waals surface area contributed by atoms with Gasteiger partial charge in [0.05, 0.1) is 13.2 Å². The molecule has 0 rings (SSSR count). The van der Waals surface area contributed by atoms with E-state index < -0.39 is 0 Å². The SMILES string of the molecule is COCC(N)CN(C)CC(=O)N(C)C(C)C. The number of likely N-dealkylation sites (N-methyl/N-ethyl adjacent to an activating group) is 2. The summed E-state index contributed by atoms with van der Waals surface area (Å²) in [6, 6.07) is 0.181. The number of hydrogen-bond donors (Lipinski definition) is 1. The maximum absolute atomic E-state index is 11.7. The molecule has 1 amide bonds. The van der Waals surface area contributed by atoms with Crippen molar-refractivity contribution in [2.45, 2.75) is 25.9 Å². The van der Waals surface area contributed by atoms with Gasteiger partial charge in [0.1, 0.15) is 0 Å². The number of carbonyl (C=O) groups is 1. The molecule has 0 saturated heterocycles. The predicted octanol–water partition coefficient (Wildman–Crippen LogP) is -0.241. The van der Waals surface area contributed by atoms with Gasteiger partial charge in [0, 0.05) is 32.8 Å². The Morgan fingerprint density at radius 1 is 1.38 bits per heavy atom. The number of amides is 1. The molecule has 2 N–H and O–H groups in total. The summed E-state index contributed by atoms with van der Waals surface area (Å²) in [5, 5.41) is 0. The highest BCUT2D eigenvalue weighted by Gasteiger charge is 2.15. The minimum absolute atomic E-state index is 0.0489. The van der Waals surface area contributed by atoms with Crippen molar-refractivity contribution in [1.82, 2.24) is 9.80 Å². The van der Waals surface area contributed by atoms with Crippen LogP contribution in [0.3, 0.4) is 0 Å². The lowest BCUT2D eigenvalue weighted by Gasteiger charge is -2.26. The summed E-state index contributed by atoms with van der Waals surface area (Å²) in [5.74, 6) is 0.113. The van der Waals surface area contributed by atoms with Crippen LogP contribution in [0.25, 0.3) is 0 Å². The van der Waals surface area contributed by atoms with Crippen molar-refractivity contribution in [3.8, 4) is 0 Å². The first-order chi connectivity index (χ1) is 7.38. The third-order valence-corrected chi connectivity index (χ3v) is 2.50. The van der Waals surface area contributed by atoms with Gasteiger partial charge in [0.25, 0.3) is 0 Å². The highest BCUT2D eigenvalue weighted by atomic mass is 16.5. The van der Waals surface area contributed by atoms with E-state index in [1.54, 1.807) is 12.0 Å². The van der Waals surface area contributed by atoms with Gasteiger partial charge in [-0.25, -0.2) is 0 Å². The van der Waals surface area contributed by atoms with E-state index in [4.69, 9.17) is 10.5 Å². The molecular formula is C11H25N3O2. The maximum atomic E-state index is 11.7. The van der Waals surface area contributed by atoms with Gasteiger partial charge in [-0.1, -0.05) is 0 Å². The number of hydrogen-bond acceptors (Lipinski definition) is 4.